The number of carbonyl (C=O) groups excluding carboxylic acids is 2. The number of ether oxygens (including phenoxy) is 4. The van der Waals surface area contributed by atoms with Gasteiger partial charge in [0.2, 0.25) is 0 Å². The fourth-order valence-electron chi connectivity index (χ4n) is 5.78. The molecule has 4 aromatic rings. The van der Waals surface area contributed by atoms with Crippen molar-refractivity contribution in [1.82, 2.24) is 34.3 Å². The van der Waals surface area contributed by atoms with Crippen molar-refractivity contribution in [3.8, 4) is 0 Å². The third kappa shape index (κ3) is 8.36. The lowest BCUT2D eigenvalue weighted by Crippen LogP contribution is -2.53. The number of nitrogens with zero attached hydrogens (tertiary/aromatic N) is 4. The predicted molar refractivity (Wildman–Crippen MR) is 181 cm³/mol. The summed E-state index contributed by atoms with van der Waals surface area (Å²) in [4.78, 5) is 39.2. The molecule has 2 saturated heterocycles. The maximum absolute atomic E-state index is 13.3. The predicted octanol–water partition coefficient (Wildman–Crippen LogP) is 3.07. The quantitative estimate of drug-likeness (QED) is 0.178. The number of fused-ring (bicyclic) bond motifs is 2. The molecule has 16 nitrogen and oxygen atoms in total. The molecule has 5 atom stereocenters. The number of para-hydroxylation sites is 1. The lowest BCUT2D eigenvalue weighted by Gasteiger charge is -2.25. The number of hydrogen-bond donors (Lipinski definition) is 4. The molecular formula is C33H40N8O8S. The van der Waals surface area contributed by atoms with Crippen LogP contribution < -0.4 is 20.1 Å². The van der Waals surface area contributed by atoms with Crippen molar-refractivity contribution in [3.63, 3.8) is 0 Å². The molecule has 50 heavy (non-hydrogen) atoms. The van der Waals surface area contributed by atoms with E-state index in [1.54, 1.807) is 75.8 Å². The second-order valence-electron chi connectivity index (χ2n) is 13.4. The number of rotatable bonds is 11. The van der Waals surface area contributed by atoms with Crippen LogP contribution in [0.1, 0.15) is 46.4 Å². The number of nitrogens with one attached hydrogen (secondary N) is 4. The normalized spacial score (nSPS) is 22.1. The van der Waals surface area contributed by atoms with E-state index < -0.39 is 64.2 Å². The first-order valence-electron chi connectivity index (χ1n) is 16.0. The molecular weight excluding hydrogens is 668 g/mol. The molecule has 6 rings (SSSR count). The van der Waals surface area contributed by atoms with Gasteiger partial charge >= 0.3 is 16.3 Å². The van der Waals surface area contributed by atoms with Crippen LogP contribution in [0.5, 0.6) is 0 Å². The molecule has 17 heteroatoms. The third-order valence-corrected chi connectivity index (χ3v) is 8.81. The van der Waals surface area contributed by atoms with Crippen LogP contribution in [-0.4, -0.2) is 82.2 Å². The van der Waals surface area contributed by atoms with Gasteiger partial charge in [0.25, 0.3) is 5.91 Å². The van der Waals surface area contributed by atoms with Gasteiger partial charge in [-0.25, -0.2) is 24.5 Å². The van der Waals surface area contributed by atoms with Crippen molar-refractivity contribution in [2.75, 3.05) is 11.9 Å². The highest BCUT2D eigenvalue weighted by Crippen LogP contribution is 2.43. The number of anilines is 2. The van der Waals surface area contributed by atoms with Gasteiger partial charge in [-0.15, -0.1) is 0 Å². The highest BCUT2D eigenvalue weighted by molar-refractivity contribution is 7.88. The van der Waals surface area contributed by atoms with Gasteiger partial charge in [-0.3, -0.25) is 9.36 Å². The molecule has 4 N–H and O–H groups in total. The SMILES string of the molecule is CC(C)(C)OC(=O)N[C@@H](Cc1ccccc1)C(=O)NS(=O)(=O)NC[C@H]1O[C@@H](n2cnc3c(Nc4ccccc4)ncnc32)[C@@H]2OC(C)(C)O[C@@H]21. The largest absolute Gasteiger partial charge is 0.444 e. The monoisotopic (exact) mass is 708 g/mol. The topological polar surface area (TPSA) is 197 Å². The molecule has 266 valence electrons. The Morgan fingerprint density at radius 1 is 0.980 bits per heavy atom. The minimum Gasteiger partial charge on any atom is -0.444 e. The second kappa shape index (κ2) is 13.9. The van der Waals surface area contributed by atoms with E-state index in [4.69, 9.17) is 18.9 Å². The molecule has 2 aromatic carbocycles. The van der Waals surface area contributed by atoms with Crippen LogP contribution in [0.2, 0.25) is 0 Å². The zero-order valence-corrected chi connectivity index (χ0v) is 29.0. The van der Waals surface area contributed by atoms with Gasteiger partial charge in [0.15, 0.2) is 29.0 Å². The molecule has 0 saturated carbocycles. The van der Waals surface area contributed by atoms with E-state index in [1.807, 2.05) is 35.1 Å². The summed E-state index contributed by atoms with van der Waals surface area (Å²) < 4.78 is 56.5. The fraction of sp³-hybridized carbons (Fsp3) is 0.424. The Hall–Kier alpha value is -4.68. The molecule has 4 heterocycles. The van der Waals surface area contributed by atoms with E-state index in [0.29, 0.717) is 22.5 Å². The number of imidazole rings is 1. The molecule has 2 aliphatic rings. The van der Waals surface area contributed by atoms with Gasteiger partial charge in [-0.1, -0.05) is 48.5 Å². The van der Waals surface area contributed by atoms with Gasteiger partial charge in [0.1, 0.15) is 36.3 Å². The number of carbonyl (C=O) groups is 2. The molecule has 2 aliphatic heterocycles. The summed E-state index contributed by atoms with van der Waals surface area (Å²) in [5, 5.41) is 5.73. The standard InChI is InChI=1S/C33H40N8O8S/c1-32(2,3)49-31(43)39-22(16-20-12-8-6-9-13-20)29(42)40-50(44,45)37-17-23-25-26(48-33(4,5)47-25)30(46-23)41-19-36-24-27(34-18-35-28(24)41)38-21-14-10-7-11-15-21/h6-15,18-19,22-23,25-26,30,37H,16-17H2,1-5H3,(H,39,43)(H,40,42)(H,34,35,38)/t22-,23+,25+,26+,30+/m0/s1. The van der Waals surface area contributed by atoms with E-state index >= 15 is 0 Å². The van der Waals surface area contributed by atoms with Crippen molar-refractivity contribution < 1.29 is 37.0 Å². The molecule has 2 aromatic heterocycles. The number of alkyl carbamates (subject to hydrolysis) is 1. The average molecular weight is 709 g/mol. The van der Waals surface area contributed by atoms with Crippen LogP contribution in [0, 0.1) is 0 Å². The maximum atomic E-state index is 13.3. The van der Waals surface area contributed by atoms with Crippen LogP contribution in [0.3, 0.4) is 0 Å². The Balaban J connectivity index is 1.16. The van der Waals surface area contributed by atoms with Crippen LogP contribution in [0.15, 0.2) is 73.3 Å². The van der Waals surface area contributed by atoms with Gasteiger partial charge in [-0.2, -0.15) is 13.1 Å². The van der Waals surface area contributed by atoms with Gasteiger partial charge in [-0.05, 0) is 52.3 Å². The van der Waals surface area contributed by atoms with Crippen LogP contribution in [0.25, 0.3) is 11.2 Å². The molecule has 0 spiro atoms. The second-order valence-corrected chi connectivity index (χ2v) is 14.9. The van der Waals surface area contributed by atoms with Crippen molar-refractivity contribution >= 4 is 44.9 Å². The third-order valence-electron chi connectivity index (χ3n) is 7.79. The number of benzene rings is 2. The Morgan fingerprint density at radius 3 is 2.36 bits per heavy atom. The Bertz CT molecular complexity index is 1940. The van der Waals surface area contributed by atoms with Crippen LogP contribution in [-0.2, 0) is 40.4 Å². The van der Waals surface area contributed by atoms with Crippen LogP contribution in [0.4, 0.5) is 16.3 Å². The number of amides is 2. The Morgan fingerprint density at radius 2 is 1.66 bits per heavy atom. The molecule has 0 unspecified atom stereocenters. The van der Waals surface area contributed by atoms with E-state index in [9.17, 15) is 18.0 Å². The summed E-state index contributed by atoms with van der Waals surface area (Å²) in [7, 11) is -4.44. The van der Waals surface area contributed by atoms with E-state index in [-0.39, 0.29) is 13.0 Å². The summed E-state index contributed by atoms with van der Waals surface area (Å²) in [6.07, 6.45) is -0.840. The Labute approximate surface area is 289 Å². The minimum atomic E-state index is -4.44. The highest BCUT2D eigenvalue weighted by Gasteiger charge is 2.56. The van der Waals surface area contributed by atoms with Gasteiger partial charge < -0.3 is 29.6 Å². The van der Waals surface area contributed by atoms with Crippen molar-refractivity contribution in [1.29, 1.82) is 0 Å². The zero-order valence-electron chi connectivity index (χ0n) is 28.2. The van der Waals surface area contributed by atoms with Crippen molar-refractivity contribution in [2.45, 2.75) is 83.0 Å². The molecule has 0 aliphatic carbocycles. The highest BCUT2D eigenvalue weighted by atomic mass is 32.2. The number of hydrogen-bond acceptors (Lipinski definition) is 12. The number of aromatic nitrogens is 4. The molecule has 0 radical (unpaired) electrons. The minimum absolute atomic E-state index is 0.0177. The summed E-state index contributed by atoms with van der Waals surface area (Å²) in [6.45, 7) is 8.27. The fourth-order valence-corrected chi connectivity index (χ4v) is 6.64. The summed E-state index contributed by atoms with van der Waals surface area (Å²) >= 11 is 0. The Kier molecular flexibility index (Phi) is 9.78. The first kappa shape index (κ1) is 35.2. The summed E-state index contributed by atoms with van der Waals surface area (Å²) in [6, 6.07) is 17.1. The van der Waals surface area contributed by atoms with Gasteiger partial charge in [0, 0.05) is 18.7 Å². The van der Waals surface area contributed by atoms with Crippen molar-refractivity contribution in [2.24, 2.45) is 0 Å². The first-order chi connectivity index (χ1) is 23.7. The maximum Gasteiger partial charge on any atom is 0.408 e. The lowest BCUT2D eigenvalue weighted by molar-refractivity contribution is -0.195. The van der Waals surface area contributed by atoms with E-state index in [2.05, 4.69) is 30.3 Å². The first-order valence-corrected chi connectivity index (χ1v) is 17.5. The van der Waals surface area contributed by atoms with Gasteiger partial charge in [0.05, 0.1) is 6.33 Å². The summed E-state index contributed by atoms with van der Waals surface area (Å²) in [5.41, 5.74) is 1.64. The summed E-state index contributed by atoms with van der Waals surface area (Å²) in [5.74, 6) is -1.46. The van der Waals surface area contributed by atoms with Crippen LogP contribution >= 0.6 is 0 Å². The molecule has 2 fully saturated rings. The van der Waals surface area contributed by atoms with E-state index in [1.165, 1.54) is 6.33 Å². The lowest BCUT2D eigenvalue weighted by atomic mass is 10.1. The van der Waals surface area contributed by atoms with E-state index in [0.717, 1.165) is 5.69 Å². The average Bonchev–Trinajstić information content (AvgIpc) is 3.71. The molecule has 2 amide bonds. The smallest absolute Gasteiger partial charge is 0.408 e. The van der Waals surface area contributed by atoms with Crippen molar-refractivity contribution in [3.05, 3.63) is 78.9 Å². The zero-order chi connectivity index (χ0) is 35.7. The molecule has 0 bridgehead atoms.